The van der Waals surface area contributed by atoms with Gasteiger partial charge in [-0.1, -0.05) is 28.1 Å². The first kappa shape index (κ1) is 19.5. The van der Waals surface area contributed by atoms with E-state index in [0.717, 1.165) is 34.0 Å². The fourth-order valence-electron chi connectivity index (χ4n) is 2.87. The van der Waals surface area contributed by atoms with E-state index in [-0.39, 0.29) is 0 Å². The first-order valence-electron chi connectivity index (χ1n) is 8.97. The first-order valence-corrected chi connectivity index (χ1v) is 9.76. The van der Waals surface area contributed by atoms with Gasteiger partial charge in [0.15, 0.2) is 0 Å². The van der Waals surface area contributed by atoms with Crippen molar-refractivity contribution in [3.63, 3.8) is 0 Å². The van der Waals surface area contributed by atoms with Crippen LogP contribution >= 0.6 is 15.9 Å². The van der Waals surface area contributed by atoms with Crippen molar-refractivity contribution in [2.24, 2.45) is 0 Å². The molecule has 0 saturated carbocycles. The van der Waals surface area contributed by atoms with Crippen LogP contribution in [0.5, 0.6) is 5.75 Å². The highest BCUT2D eigenvalue weighted by atomic mass is 79.9. The van der Waals surface area contributed by atoms with Gasteiger partial charge in [-0.3, -0.25) is 0 Å². The summed E-state index contributed by atoms with van der Waals surface area (Å²) in [4.78, 5) is 4.60. The largest absolute Gasteiger partial charge is 0.494 e. The summed E-state index contributed by atoms with van der Waals surface area (Å²) in [5.74, 6) is 1.70. The van der Waals surface area contributed by atoms with Gasteiger partial charge in [-0.15, -0.1) is 0 Å². The Labute approximate surface area is 168 Å². The third kappa shape index (κ3) is 5.11. The Morgan fingerprint density at radius 1 is 1.15 bits per heavy atom. The van der Waals surface area contributed by atoms with Crippen molar-refractivity contribution in [1.29, 1.82) is 0 Å². The molecule has 27 heavy (non-hydrogen) atoms. The molecule has 0 aliphatic carbocycles. The average molecular weight is 430 g/mol. The van der Waals surface area contributed by atoms with Crippen molar-refractivity contribution < 1.29 is 9.47 Å². The molecule has 3 rings (SSSR count). The second-order valence-electron chi connectivity index (χ2n) is 6.05. The molecule has 1 N–H and O–H groups in total. The van der Waals surface area contributed by atoms with E-state index in [9.17, 15) is 0 Å². The Kier molecular flexibility index (Phi) is 6.90. The van der Waals surface area contributed by atoms with Crippen LogP contribution in [0, 0.1) is 0 Å². The van der Waals surface area contributed by atoms with Gasteiger partial charge in [0.25, 0.3) is 0 Å². The number of halogens is 1. The minimum Gasteiger partial charge on any atom is -0.494 e. The summed E-state index contributed by atoms with van der Waals surface area (Å²) < 4.78 is 14.0. The third-order valence-electron chi connectivity index (χ3n) is 4.18. The monoisotopic (exact) mass is 429 g/mol. The molecule has 0 radical (unpaired) electrons. The molecule has 6 heteroatoms. The number of hydrogen-bond acceptors (Lipinski definition) is 4. The van der Waals surface area contributed by atoms with E-state index in [1.165, 1.54) is 5.56 Å². The van der Waals surface area contributed by atoms with Crippen LogP contribution in [0.2, 0.25) is 0 Å². The van der Waals surface area contributed by atoms with Gasteiger partial charge in [0.1, 0.15) is 5.75 Å². The van der Waals surface area contributed by atoms with E-state index in [0.29, 0.717) is 19.8 Å². The maximum atomic E-state index is 5.54. The summed E-state index contributed by atoms with van der Waals surface area (Å²) in [5, 5.41) is 3.44. The Bertz CT molecular complexity index is 862. The van der Waals surface area contributed by atoms with Gasteiger partial charge < -0.3 is 19.4 Å². The Morgan fingerprint density at radius 3 is 2.67 bits per heavy atom. The third-order valence-corrected chi connectivity index (χ3v) is 4.67. The molecule has 1 aromatic heterocycles. The quantitative estimate of drug-likeness (QED) is 0.521. The molecule has 0 unspecified atom stereocenters. The summed E-state index contributed by atoms with van der Waals surface area (Å²) in [7, 11) is 1.71. The molecule has 0 bridgehead atoms. The first-order chi connectivity index (χ1) is 13.2. The summed E-state index contributed by atoms with van der Waals surface area (Å²) in [5.41, 5.74) is 3.33. The minimum atomic E-state index is 0.617. The van der Waals surface area contributed by atoms with Gasteiger partial charge in [-0.2, -0.15) is 0 Å². The molecule has 0 amide bonds. The van der Waals surface area contributed by atoms with Gasteiger partial charge in [0, 0.05) is 30.2 Å². The van der Waals surface area contributed by atoms with Crippen molar-refractivity contribution in [1.82, 2.24) is 9.55 Å². The van der Waals surface area contributed by atoms with Gasteiger partial charge in [0.05, 0.1) is 25.1 Å². The van der Waals surface area contributed by atoms with Crippen LogP contribution in [0.1, 0.15) is 12.5 Å². The van der Waals surface area contributed by atoms with E-state index in [1.807, 2.05) is 37.4 Å². The van der Waals surface area contributed by atoms with Crippen molar-refractivity contribution >= 4 is 21.9 Å². The molecule has 0 atom stereocenters. The topological polar surface area (TPSA) is 48.3 Å². The fourth-order valence-corrected chi connectivity index (χ4v) is 3.32. The van der Waals surface area contributed by atoms with Gasteiger partial charge >= 0.3 is 0 Å². The van der Waals surface area contributed by atoms with E-state index in [2.05, 4.69) is 55.1 Å². The molecule has 3 aromatic rings. The van der Waals surface area contributed by atoms with Crippen molar-refractivity contribution in [2.45, 2.75) is 20.0 Å². The van der Waals surface area contributed by atoms with Crippen LogP contribution in [0.4, 0.5) is 5.95 Å². The highest BCUT2D eigenvalue weighted by molar-refractivity contribution is 9.10. The molecule has 0 aliphatic heterocycles. The number of hydrogen-bond donors (Lipinski definition) is 1. The number of anilines is 1. The maximum Gasteiger partial charge on any atom is 0.203 e. The summed E-state index contributed by atoms with van der Waals surface area (Å²) in [6.07, 6.45) is 1.90. The lowest BCUT2D eigenvalue weighted by Gasteiger charge is -2.13. The van der Waals surface area contributed by atoms with Crippen LogP contribution in [0.15, 0.2) is 59.2 Å². The number of nitrogens with zero attached hydrogens (tertiary/aromatic N) is 2. The van der Waals surface area contributed by atoms with Crippen molar-refractivity contribution in [2.75, 3.05) is 25.6 Å². The number of ether oxygens (including phenoxy) is 2. The number of imidazole rings is 1. The average Bonchev–Trinajstić information content (AvgIpc) is 3.08. The van der Waals surface area contributed by atoms with E-state index in [4.69, 9.17) is 9.47 Å². The summed E-state index contributed by atoms with van der Waals surface area (Å²) in [6.45, 7) is 4.68. The zero-order valence-electron chi connectivity index (χ0n) is 15.6. The van der Waals surface area contributed by atoms with Crippen LogP contribution in [0.25, 0.3) is 11.3 Å². The van der Waals surface area contributed by atoms with Crippen LogP contribution in [-0.4, -0.2) is 29.9 Å². The van der Waals surface area contributed by atoms with Crippen molar-refractivity contribution in [3.05, 3.63) is 64.8 Å². The lowest BCUT2D eigenvalue weighted by Crippen LogP contribution is -2.11. The highest BCUT2D eigenvalue weighted by Gasteiger charge is 2.12. The maximum absolute atomic E-state index is 5.54. The zero-order chi connectivity index (χ0) is 19.1. The molecule has 142 valence electrons. The van der Waals surface area contributed by atoms with Gasteiger partial charge in [0.2, 0.25) is 5.95 Å². The summed E-state index contributed by atoms with van der Waals surface area (Å²) >= 11 is 3.51. The molecule has 0 saturated heterocycles. The lowest BCUT2D eigenvalue weighted by atomic mass is 10.1. The smallest absolute Gasteiger partial charge is 0.203 e. The molecular weight excluding hydrogens is 406 g/mol. The number of nitrogens with one attached hydrogen (secondary N) is 1. The molecule has 1 heterocycles. The van der Waals surface area contributed by atoms with Crippen LogP contribution in [0.3, 0.4) is 0 Å². The fraction of sp³-hybridized carbons (Fsp3) is 0.286. The predicted molar refractivity (Wildman–Crippen MR) is 112 cm³/mol. The lowest BCUT2D eigenvalue weighted by molar-refractivity contribution is 0.188. The number of benzene rings is 2. The second kappa shape index (κ2) is 9.58. The highest BCUT2D eigenvalue weighted by Crippen LogP contribution is 2.26. The van der Waals surface area contributed by atoms with E-state index >= 15 is 0 Å². The molecule has 0 spiro atoms. The van der Waals surface area contributed by atoms with Crippen LogP contribution < -0.4 is 10.1 Å². The molecule has 0 fully saturated rings. The standard InChI is InChI=1S/C21H24BrN3O2/c1-3-27-19-9-7-17(8-10-19)20-15-24-21(25(20)11-12-26-2)23-14-16-5-4-6-18(22)13-16/h4-10,13,15H,3,11-12,14H2,1-2H3,(H,23,24). The predicted octanol–water partition coefficient (Wildman–Crippen LogP) is 4.97. The molecule has 2 aromatic carbocycles. The normalized spacial score (nSPS) is 10.8. The van der Waals surface area contributed by atoms with E-state index < -0.39 is 0 Å². The Hall–Kier alpha value is -2.31. The molecular formula is C21H24BrN3O2. The number of aromatic nitrogens is 2. The van der Waals surface area contributed by atoms with E-state index in [1.54, 1.807) is 7.11 Å². The van der Waals surface area contributed by atoms with Gasteiger partial charge in [-0.05, 0) is 48.9 Å². The second-order valence-corrected chi connectivity index (χ2v) is 6.97. The Balaban J connectivity index is 1.82. The van der Waals surface area contributed by atoms with Crippen molar-refractivity contribution in [3.8, 4) is 17.0 Å². The van der Waals surface area contributed by atoms with Gasteiger partial charge in [-0.25, -0.2) is 4.98 Å². The summed E-state index contributed by atoms with van der Waals surface area (Å²) in [6, 6.07) is 16.3. The zero-order valence-corrected chi connectivity index (χ0v) is 17.2. The number of methoxy groups -OCH3 is 1. The SMILES string of the molecule is CCOc1ccc(-c2cnc(NCc3cccc(Br)c3)n2CCOC)cc1. The molecule has 0 aliphatic rings. The van der Waals surface area contributed by atoms with Crippen LogP contribution in [-0.2, 0) is 17.8 Å². The number of rotatable bonds is 9. The Morgan fingerprint density at radius 2 is 1.96 bits per heavy atom. The minimum absolute atomic E-state index is 0.617. The molecule has 5 nitrogen and oxygen atoms in total.